The molecule has 4 aromatic rings. The maximum absolute atomic E-state index is 12.3. The fourth-order valence-electron chi connectivity index (χ4n) is 3.26. The Balaban J connectivity index is 2.06. The number of sulfonamides is 1. The van der Waals surface area contributed by atoms with Gasteiger partial charge in [-0.25, -0.2) is 23.5 Å². The zero-order valence-electron chi connectivity index (χ0n) is 17.0. The Kier molecular flexibility index (Phi) is 5.97. The van der Waals surface area contributed by atoms with E-state index in [0.717, 1.165) is 0 Å². The molecule has 0 aliphatic heterocycles. The molecule has 4 rings (SSSR count). The minimum Gasteiger partial charge on any atom is -0.497 e. The van der Waals surface area contributed by atoms with Gasteiger partial charge in [0.1, 0.15) is 17.0 Å². The Labute approximate surface area is 196 Å². The van der Waals surface area contributed by atoms with Gasteiger partial charge in [-0.3, -0.25) is 10.1 Å². The van der Waals surface area contributed by atoms with E-state index in [1.165, 1.54) is 25.3 Å². The molecule has 0 radical (unpaired) electrons. The zero-order chi connectivity index (χ0) is 23.8. The Morgan fingerprint density at radius 3 is 2.39 bits per heavy atom. The molecule has 0 fully saturated rings. The van der Waals surface area contributed by atoms with Gasteiger partial charge in [-0.2, -0.15) is 0 Å². The lowest BCUT2D eigenvalue weighted by molar-refractivity contribution is -0.384. The molecule has 12 heteroatoms. The molecule has 0 aliphatic rings. The second-order valence-corrected chi connectivity index (χ2v) is 9.22. The van der Waals surface area contributed by atoms with Gasteiger partial charge in [0.05, 0.1) is 33.6 Å². The number of anilines is 2. The van der Waals surface area contributed by atoms with E-state index in [1.807, 2.05) is 0 Å². The van der Waals surface area contributed by atoms with Crippen molar-refractivity contribution in [3.63, 3.8) is 0 Å². The number of halogens is 1. The van der Waals surface area contributed by atoms with E-state index in [0.29, 0.717) is 26.9 Å². The number of nitro benzene ring substituents is 1. The average molecular weight is 530 g/mol. The van der Waals surface area contributed by atoms with Gasteiger partial charge in [0.2, 0.25) is 10.0 Å². The molecule has 1 heterocycles. The van der Waals surface area contributed by atoms with E-state index in [2.05, 4.69) is 31.2 Å². The average Bonchev–Trinajstić information content (AvgIpc) is 2.79. The molecule has 168 valence electrons. The SMILES string of the molecule is COc1ccc(Br)c(Nc2nc3ccccc3nc2-c2c([N+](=O)[O-])cccc2S(N)(=O)=O)c1. The molecular formula is C21H16BrN5O5S. The number of benzene rings is 3. The van der Waals surface area contributed by atoms with Crippen LogP contribution in [0.5, 0.6) is 5.75 Å². The van der Waals surface area contributed by atoms with Crippen LogP contribution in [0.2, 0.25) is 0 Å². The van der Waals surface area contributed by atoms with Crippen LogP contribution in [-0.4, -0.2) is 30.4 Å². The van der Waals surface area contributed by atoms with Gasteiger partial charge in [-0.1, -0.05) is 18.2 Å². The Hall–Kier alpha value is -3.61. The number of nitrogens with zero attached hydrogens (tertiary/aromatic N) is 3. The van der Waals surface area contributed by atoms with E-state index >= 15 is 0 Å². The third-order valence-corrected chi connectivity index (χ3v) is 6.39. The van der Waals surface area contributed by atoms with Gasteiger partial charge < -0.3 is 10.1 Å². The smallest absolute Gasteiger partial charge is 0.280 e. The molecule has 0 saturated carbocycles. The van der Waals surface area contributed by atoms with Crippen LogP contribution in [0.1, 0.15) is 0 Å². The zero-order valence-corrected chi connectivity index (χ0v) is 19.4. The molecule has 3 N–H and O–H groups in total. The first-order valence-electron chi connectivity index (χ1n) is 9.37. The number of nitrogens with two attached hydrogens (primary N) is 1. The Bertz CT molecular complexity index is 1510. The molecule has 0 atom stereocenters. The predicted octanol–water partition coefficient (Wildman–Crippen LogP) is 4.37. The summed E-state index contributed by atoms with van der Waals surface area (Å²) in [5, 5.41) is 20.3. The summed E-state index contributed by atoms with van der Waals surface area (Å²) in [6.07, 6.45) is 0. The second kappa shape index (κ2) is 8.73. The van der Waals surface area contributed by atoms with Crippen molar-refractivity contribution in [1.29, 1.82) is 0 Å². The molecule has 0 unspecified atom stereocenters. The fourth-order valence-corrected chi connectivity index (χ4v) is 4.36. The van der Waals surface area contributed by atoms with E-state index in [-0.39, 0.29) is 17.1 Å². The van der Waals surface area contributed by atoms with Crippen molar-refractivity contribution in [1.82, 2.24) is 9.97 Å². The highest BCUT2D eigenvalue weighted by atomic mass is 79.9. The number of ether oxygens (including phenoxy) is 1. The number of methoxy groups -OCH3 is 1. The van der Waals surface area contributed by atoms with E-state index in [9.17, 15) is 18.5 Å². The van der Waals surface area contributed by atoms with Crippen molar-refractivity contribution in [2.24, 2.45) is 5.14 Å². The lowest BCUT2D eigenvalue weighted by Crippen LogP contribution is -2.15. The van der Waals surface area contributed by atoms with Crippen LogP contribution >= 0.6 is 15.9 Å². The summed E-state index contributed by atoms with van der Waals surface area (Å²) >= 11 is 3.44. The first-order chi connectivity index (χ1) is 15.7. The van der Waals surface area contributed by atoms with Crippen LogP contribution in [-0.2, 0) is 10.0 Å². The van der Waals surface area contributed by atoms with Crippen molar-refractivity contribution >= 4 is 54.2 Å². The normalized spacial score (nSPS) is 11.4. The van der Waals surface area contributed by atoms with Gasteiger partial charge >= 0.3 is 0 Å². The summed E-state index contributed by atoms with van der Waals surface area (Å²) < 4.78 is 30.6. The topological polar surface area (TPSA) is 150 Å². The highest BCUT2D eigenvalue weighted by Gasteiger charge is 2.29. The van der Waals surface area contributed by atoms with E-state index in [4.69, 9.17) is 9.88 Å². The van der Waals surface area contributed by atoms with Crippen LogP contribution in [0.3, 0.4) is 0 Å². The van der Waals surface area contributed by atoms with Crippen LogP contribution < -0.4 is 15.2 Å². The van der Waals surface area contributed by atoms with Gasteiger partial charge in [-0.15, -0.1) is 0 Å². The molecule has 0 bridgehead atoms. The third kappa shape index (κ3) is 4.49. The molecular weight excluding hydrogens is 514 g/mol. The van der Waals surface area contributed by atoms with Gasteiger partial charge in [0.15, 0.2) is 5.82 Å². The van der Waals surface area contributed by atoms with E-state index < -0.39 is 25.5 Å². The van der Waals surface area contributed by atoms with Gasteiger partial charge in [-0.05, 0) is 46.3 Å². The number of aromatic nitrogens is 2. The molecule has 3 aromatic carbocycles. The molecule has 33 heavy (non-hydrogen) atoms. The Morgan fingerprint density at radius 1 is 1.06 bits per heavy atom. The summed E-state index contributed by atoms with van der Waals surface area (Å²) in [6.45, 7) is 0. The first kappa shape index (κ1) is 22.6. The summed E-state index contributed by atoms with van der Waals surface area (Å²) in [6, 6.07) is 15.7. The lowest BCUT2D eigenvalue weighted by Gasteiger charge is -2.15. The minimum absolute atomic E-state index is 0.0419. The number of primary sulfonamides is 1. The number of hydrogen-bond donors (Lipinski definition) is 2. The number of nitrogens with one attached hydrogen (secondary N) is 1. The summed E-state index contributed by atoms with van der Waals surface area (Å²) in [7, 11) is -2.81. The van der Waals surface area contributed by atoms with Gasteiger partial charge in [0, 0.05) is 16.6 Å². The Morgan fingerprint density at radius 2 is 1.76 bits per heavy atom. The van der Waals surface area contributed by atoms with Crippen molar-refractivity contribution in [2.75, 3.05) is 12.4 Å². The summed E-state index contributed by atoms with van der Waals surface area (Å²) in [5.74, 6) is 0.647. The van der Waals surface area contributed by atoms with E-state index in [1.54, 1.807) is 42.5 Å². The van der Waals surface area contributed by atoms with Crippen LogP contribution in [0, 0.1) is 10.1 Å². The number of para-hydroxylation sites is 2. The molecule has 0 saturated heterocycles. The molecule has 1 aromatic heterocycles. The number of fused-ring (bicyclic) bond motifs is 1. The highest BCUT2D eigenvalue weighted by Crippen LogP contribution is 2.40. The maximum Gasteiger partial charge on any atom is 0.280 e. The van der Waals surface area contributed by atoms with Crippen LogP contribution in [0.25, 0.3) is 22.3 Å². The maximum atomic E-state index is 12.3. The van der Waals surface area contributed by atoms with Crippen molar-refractivity contribution < 1.29 is 18.1 Å². The van der Waals surface area contributed by atoms with Gasteiger partial charge in [0.25, 0.3) is 5.69 Å². The molecule has 0 amide bonds. The number of rotatable bonds is 6. The second-order valence-electron chi connectivity index (χ2n) is 6.83. The van der Waals surface area contributed by atoms with Crippen molar-refractivity contribution in [2.45, 2.75) is 4.90 Å². The predicted molar refractivity (Wildman–Crippen MR) is 127 cm³/mol. The standard InChI is InChI=1S/C21H16BrN5O5S/c1-32-12-9-10-13(22)16(11-12)26-21-20(24-14-5-2-3-6-15(14)25-21)19-17(27(28)29)7-4-8-18(19)33(23,30)31/h2-11H,1H3,(H,25,26)(H2,23,30,31). The number of hydrogen-bond acceptors (Lipinski definition) is 8. The minimum atomic E-state index is -4.33. The quantitative estimate of drug-likeness (QED) is 0.276. The largest absolute Gasteiger partial charge is 0.497 e. The van der Waals surface area contributed by atoms with Crippen molar-refractivity contribution in [3.8, 4) is 17.0 Å². The number of nitro groups is 1. The molecule has 10 nitrogen and oxygen atoms in total. The molecule has 0 aliphatic carbocycles. The lowest BCUT2D eigenvalue weighted by atomic mass is 10.1. The fraction of sp³-hybridized carbons (Fsp3) is 0.0476. The highest BCUT2D eigenvalue weighted by molar-refractivity contribution is 9.10. The molecule has 0 spiro atoms. The van der Waals surface area contributed by atoms with Crippen LogP contribution in [0.15, 0.2) is 70.0 Å². The van der Waals surface area contributed by atoms with Crippen molar-refractivity contribution in [3.05, 3.63) is 75.3 Å². The third-order valence-electron chi connectivity index (χ3n) is 4.74. The summed E-state index contributed by atoms with van der Waals surface area (Å²) in [5.41, 5.74) is 0.666. The monoisotopic (exact) mass is 529 g/mol. The summed E-state index contributed by atoms with van der Waals surface area (Å²) in [4.78, 5) is 19.8. The van der Waals surface area contributed by atoms with Crippen LogP contribution in [0.4, 0.5) is 17.2 Å². The first-order valence-corrected chi connectivity index (χ1v) is 11.7.